The third-order valence-corrected chi connectivity index (χ3v) is 8.38. The maximum absolute atomic E-state index is 4.35. The first kappa shape index (κ1) is 22.6. The number of anilines is 1. The van der Waals surface area contributed by atoms with Crippen molar-refractivity contribution >= 4 is 22.0 Å². The second kappa shape index (κ2) is 8.46. The van der Waals surface area contributed by atoms with Gasteiger partial charge in [-0.25, -0.2) is 0 Å². The van der Waals surface area contributed by atoms with Crippen LogP contribution < -0.4 is 5.32 Å². The fourth-order valence-corrected chi connectivity index (χ4v) is 6.92. The maximum atomic E-state index is 4.35. The molecular weight excluding hydrogens is 458 g/mol. The Morgan fingerprint density at radius 2 is 1.29 bits per heavy atom. The van der Waals surface area contributed by atoms with E-state index in [0.29, 0.717) is 0 Å². The van der Waals surface area contributed by atoms with Crippen LogP contribution in [-0.2, 0) is 5.41 Å². The first-order chi connectivity index (χ1) is 18.7. The maximum Gasteiger partial charge on any atom is 0.0731 e. The Balaban J connectivity index is 1.68. The number of hydrogen-bond acceptors (Lipinski definition) is 1. The Morgan fingerprint density at radius 1 is 0.684 bits per heavy atom. The smallest absolute Gasteiger partial charge is 0.0731 e. The number of rotatable bonds is 4. The second-order valence-electron chi connectivity index (χ2n) is 10.1. The molecule has 0 unspecified atom stereocenters. The van der Waals surface area contributed by atoms with Gasteiger partial charge in [-0.1, -0.05) is 110 Å². The molecule has 1 N–H and O–H groups in total. The molecule has 0 aliphatic heterocycles. The van der Waals surface area contributed by atoms with Crippen molar-refractivity contribution in [2.75, 3.05) is 12.4 Å². The molecule has 0 atom stereocenters. The van der Waals surface area contributed by atoms with E-state index in [9.17, 15) is 0 Å². The average Bonchev–Trinajstić information content (AvgIpc) is 3.43. The normalized spacial score (nSPS) is 14.7. The van der Waals surface area contributed by atoms with Crippen LogP contribution in [0.4, 0.5) is 5.69 Å². The highest BCUT2D eigenvalue weighted by Gasteiger charge is 2.52. The summed E-state index contributed by atoms with van der Waals surface area (Å²) in [6.07, 6.45) is 6.55. The topological polar surface area (TPSA) is 12.0 Å². The molecule has 0 saturated carbocycles. The van der Waals surface area contributed by atoms with Gasteiger partial charge in [-0.15, -0.1) is 0 Å². The molecule has 5 aromatic carbocycles. The summed E-state index contributed by atoms with van der Waals surface area (Å²) < 4.78 is 0. The molecular formula is C37H29N. The minimum absolute atomic E-state index is 0.396. The van der Waals surface area contributed by atoms with E-state index in [0.717, 1.165) is 5.69 Å². The lowest BCUT2D eigenvalue weighted by molar-refractivity contribution is 0.794. The highest BCUT2D eigenvalue weighted by atomic mass is 14.8. The molecule has 0 saturated heterocycles. The van der Waals surface area contributed by atoms with E-state index in [4.69, 9.17) is 0 Å². The van der Waals surface area contributed by atoms with Crippen molar-refractivity contribution in [2.24, 2.45) is 0 Å². The molecule has 2 aliphatic rings. The van der Waals surface area contributed by atoms with E-state index < -0.39 is 5.41 Å². The third-order valence-electron chi connectivity index (χ3n) is 8.38. The largest absolute Gasteiger partial charge is 0.388 e. The molecule has 1 spiro atoms. The lowest BCUT2D eigenvalue weighted by Gasteiger charge is -2.33. The van der Waals surface area contributed by atoms with Crippen molar-refractivity contribution in [3.8, 4) is 22.3 Å². The van der Waals surface area contributed by atoms with Gasteiger partial charge < -0.3 is 5.32 Å². The zero-order valence-electron chi connectivity index (χ0n) is 21.8. The van der Waals surface area contributed by atoms with Gasteiger partial charge in [0, 0.05) is 12.7 Å². The molecule has 0 heterocycles. The summed E-state index contributed by atoms with van der Waals surface area (Å²) >= 11 is 0. The van der Waals surface area contributed by atoms with Gasteiger partial charge in [0.25, 0.3) is 0 Å². The molecule has 2 aliphatic carbocycles. The molecule has 0 amide bonds. The Labute approximate surface area is 224 Å². The van der Waals surface area contributed by atoms with E-state index in [2.05, 4.69) is 140 Å². The number of fused-ring (bicyclic) bond motifs is 9. The van der Waals surface area contributed by atoms with Crippen molar-refractivity contribution in [3.63, 3.8) is 0 Å². The van der Waals surface area contributed by atoms with Gasteiger partial charge in [0.15, 0.2) is 0 Å². The van der Waals surface area contributed by atoms with Gasteiger partial charge in [0.1, 0.15) is 0 Å². The number of hydrogen-bond donors (Lipinski definition) is 1. The summed E-state index contributed by atoms with van der Waals surface area (Å²) in [6.45, 7) is 6.46. The summed E-state index contributed by atoms with van der Waals surface area (Å²) in [7, 11) is 1.96. The minimum Gasteiger partial charge on any atom is -0.388 e. The van der Waals surface area contributed by atoms with Gasteiger partial charge >= 0.3 is 0 Å². The summed E-state index contributed by atoms with van der Waals surface area (Å²) in [6, 6.07) is 38.0. The lowest BCUT2D eigenvalue weighted by atomic mass is 9.68. The summed E-state index contributed by atoms with van der Waals surface area (Å²) in [4.78, 5) is 0. The molecule has 7 rings (SSSR count). The van der Waals surface area contributed by atoms with Crippen LogP contribution in [0, 0.1) is 0 Å². The number of allylic oxidation sites excluding steroid dienone is 5. The van der Waals surface area contributed by atoms with E-state index in [1.54, 1.807) is 0 Å². The van der Waals surface area contributed by atoms with E-state index in [1.807, 2.05) is 7.05 Å². The van der Waals surface area contributed by atoms with Crippen molar-refractivity contribution in [3.05, 3.63) is 156 Å². The van der Waals surface area contributed by atoms with Crippen LogP contribution in [0.1, 0.15) is 29.2 Å². The van der Waals surface area contributed by atoms with Crippen molar-refractivity contribution in [1.29, 1.82) is 0 Å². The first-order valence-corrected chi connectivity index (χ1v) is 13.3. The van der Waals surface area contributed by atoms with E-state index in [-0.39, 0.29) is 0 Å². The zero-order chi connectivity index (χ0) is 25.9. The molecule has 0 fully saturated rings. The van der Waals surface area contributed by atoms with Crippen LogP contribution in [0.3, 0.4) is 0 Å². The van der Waals surface area contributed by atoms with Crippen LogP contribution in [0.5, 0.6) is 0 Å². The average molecular weight is 488 g/mol. The Bertz CT molecular complexity index is 1770. The lowest BCUT2D eigenvalue weighted by Crippen LogP contribution is -2.27. The minimum atomic E-state index is -0.396. The van der Waals surface area contributed by atoms with E-state index in [1.165, 1.54) is 66.4 Å². The van der Waals surface area contributed by atoms with Gasteiger partial charge in [-0.2, -0.15) is 0 Å². The Hall–Kier alpha value is -4.62. The van der Waals surface area contributed by atoms with Crippen LogP contribution in [0.15, 0.2) is 134 Å². The third kappa shape index (κ3) is 2.82. The number of benzene rings is 5. The predicted molar refractivity (Wildman–Crippen MR) is 163 cm³/mol. The molecule has 5 aromatic rings. The van der Waals surface area contributed by atoms with Gasteiger partial charge in [-0.05, 0) is 91.5 Å². The molecule has 38 heavy (non-hydrogen) atoms. The van der Waals surface area contributed by atoms with Crippen LogP contribution in [0.2, 0.25) is 0 Å². The Morgan fingerprint density at radius 3 is 1.89 bits per heavy atom. The standard InChI is InChI=1S/C37H29N/c1-4-12-33-26(5-2)32-23-31(24-19-21-25(38-3)22-20-24)27-13-6-7-16-30(27)36(32)37(33)34-17-10-8-14-28(34)29-15-9-11-18-35(29)37/h4-23,38H,2H2,1,3H3/b12-4-. The SMILES string of the molecule is C=CC1=C(/C=C\C)C2(c3ccccc3-c3ccccc32)c2c1cc(-c1ccc(NC)cc1)c1ccccc21. The number of nitrogens with one attached hydrogen (secondary N) is 1. The summed E-state index contributed by atoms with van der Waals surface area (Å²) in [5, 5.41) is 5.81. The first-order valence-electron chi connectivity index (χ1n) is 13.3. The molecule has 182 valence electrons. The zero-order valence-corrected chi connectivity index (χ0v) is 21.8. The molecule has 0 aromatic heterocycles. The summed E-state index contributed by atoms with van der Waals surface area (Å²) in [5.41, 5.74) is 13.7. The fourth-order valence-electron chi connectivity index (χ4n) is 6.92. The molecule has 1 heteroatoms. The Kier molecular flexibility index (Phi) is 5.03. The second-order valence-corrected chi connectivity index (χ2v) is 10.1. The van der Waals surface area contributed by atoms with Crippen molar-refractivity contribution < 1.29 is 0 Å². The van der Waals surface area contributed by atoms with Crippen LogP contribution in [-0.4, -0.2) is 7.05 Å². The van der Waals surface area contributed by atoms with Crippen LogP contribution >= 0.6 is 0 Å². The molecule has 1 nitrogen and oxygen atoms in total. The summed E-state index contributed by atoms with van der Waals surface area (Å²) in [5.74, 6) is 0. The molecule has 0 radical (unpaired) electrons. The van der Waals surface area contributed by atoms with Crippen molar-refractivity contribution in [1.82, 2.24) is 0 Å². The van der Waals surface area contributed by atoms with Gasteiger partial charge in [-0.3, -0.25) is 0 Å². The monoisotopic (exact) mass is 487 g/mol. The highest BCUT2D eigenvalue weighted by molar-refractivity contribution is 6.09. The van der Waals surface area contributed by atoms with Gasteiger partial charge in [0.2, 0.25) is 0 Å². The fraction of sp³-hybridized carbons (Fsp3) is 0.0811. The predicted octanol–water partition coefficient (Wildman–Crippen LogP) is 9.39. The van der Waals surface area contributed by atoms with Crippen LogP contribution in [0.25, 0.3) is 38.6 Å². The molecule has 0 bridgehead atoms. The van der Waals surface area contributed by atoms with Gasteiger partial charge in [0.05, 0.1) is 5.41 Å². The van der Waals surface area contributed by atoms with Crippen molar-refractivity contribution in [2.45, 2.75) is 12.3 Å². The highest BCUT2D eigenvalue weighted by Crippen LogP contribution is 2.64. The van der Waals surface area contributed by atoms with E-state index >= 15 is 0 Å². The quantitative estimate of drug-likeness (QED) is 0.266.